The van der Waals surface area contributed by atoms with Crippen molar-refractivity contribution in [3.05, 3.63) is 0 Å². The molecule has 1 atom stereocenters. The lowest BCUT2D eigenvalue weighted by atomic mass is 9.82. The fraction of sp³-hybridized carbons (Fsp3) is 0.944. The van der Waals surface area contributed by atoms with E-state index in [9.17, 15) is 4.79 Å². The molecule has 0 heterocycles. The third-order valence-electron chi connectivity index (χ3n) is 4.29. The summed E-state index contributed by atoms with van der Waals surface area (Å²) in [6.45, 7) is 10.1. The van der Waals surface area contributed by atoms with Crippen molar-refractivity contribution in [3.8, 4) is 0 Å². The summed E-state index contributed by atoms with van der Waals surface area (Å²) in [6, 6.07) is 0. The van der Waals surface area contributed by atoms with Gasteiger partial charge in [0.15, 0.2) is 0 Å². The normalized spacial score (nSPS) is 13.0. The van der Waals surface area contributed by atoms with Crippen molar-refractivity contribution in [2.45, 2.75) is 91.1 Å². The summed E-state index contributed by atoms with van der Waals surface area (Å²) in [6.07, 6.45) is 12.8. The van der Waals surface area contributed by atoms with Crippen molar-refractivity contribution in [1.82, 2.24) is 0 Å². The maximum Gasteiger partial charge on any atom is 0.234 e. The maximum atomic E-state index is 10.1. The first-order valence-corrected chi connectivity index (χ1v) is 8.76. The number of nitrogens with zero attached hydrogens (tertiary/aromatic N) is 1. The molecule has 1 unspecified atom stereocenters. The van der Waals surface area contributed by atoms with E-state index < -0.39 is 0 Å². The molecule has 0 radical (unpaired) electrons. The van der Waals surface area contributed by atoms with E-state index in [0.717, 1.165) is 19.4 Å². The highest BCUT2D eigenvalue weighted by Gasteiger charge is 2.28. The standard InChI is InChI=1S/C18H35NO2/c1-5-7-8-9-10-11-13-17(14-12-15-19-16-20)18(3,4)21-6-2/h17H,5-15H2,1-4H3. The van der Waals surface area contributed by atoms with Crippen LogP contribution in [0.1, 0.15) is 85.5 Å². The van der Waals surface area contributed by atoms with Crippen molar-refractivity contribution in [1.29, 1.82) is 0 Å². The Kier molecular flexibility index (Phi) is 12.6. The average Bonchev–Trinajstić information content (AvgIpc) is 2.44. The number of aliphatic imine (C=N–C) groups is 1. The van der Waals surface area contributed by atoms with Crippen LogP contribution in [0.3, 0.4) is 0 Å². The number of carbonyl (C=O) groups excluding carboxylic acids is 1. The Morgan fingerprint density at radius 3 is 2.24 bits per heavy atom. The molecular formula is C18H35NO2. The minimum absolute atomic E-state index is 0.0803. The molecule has 0 bridgehead atoms. The smallest absolute Gasteiger partial charge is 0.234 e. The SMILES string of the molecule is CCCCCCCCC(CCCN=C=O)C(C)(C)OCC. The molecule has 0 saturated carbocycles. The van der Waals surface area contributed by atoms with Crippen molar-refractivity contribution in [3.63, 3.8) is 0 Å². The predicted octanol–water partition coefficient (Wildman–Crippen LogP) is 5.28. The van der Waals surface area contributed by atoms with E-state index in [4.69, 9.17) is 4.74 Å². The molecule has 3 nitrogen and oxygen atoms in total. The molecule has 124 valence electrons. The van der Waals surface area contributed by atoms with Crippen molar-refractivity contribution < 1.29 is 9.53 Å². The lowest BCUT2D eigenvalue weighted by molar-refractivity contribution is -0.0602. The Balaban J connectivity index is 4.14. The number of unbranched alkanes of at least 4 members (excludes halogenated alkanes) is 5. The summed E-state index contributed by atoms with van der Waals surface area (Å²) in [5.74, 6) is 0.547. The predicted molar refractivity (Wildman–Crippen MR) is 89.4 cm³/mol. The van der Waals surface area contributed by atoms with Crippen molar-refractivity contribution >= 4 is 6.08 Å². The molecule has 0 aliphatic heterocycles. The van der Waals surface area contributed by atoms with Crippen LogP contribution >= 0.6 is 0 Å². The summed E-state index contributed by atoms with van der Waals surface area (Å²) < 4.78 is 5.94. The third-order valence-corrected chi connectivity index (χ3v) is 4.29. The second kappa shape index (κ2) is 13.0. The van der Waals surface area contributed by atoms with Gasteiger partial charge in [-0.2, -0.15) is 0 Å². The quantitative estimate of drug-likeness (QED) is 0.248. The summed E-state index contributed by atoms with van der Waals surface area (Å²) in [4.78, 5) is 13.8. The van der Waals surface area contributed by atoms with Gasteiger partial charge in [-0.25, -0.2) is 9.79 Å². The van der Waals surface area contributed by atoms with Gasteiger partial charge in [0.2, 0.25) is 6.08 Å². The van der Waals surface area contributed by atoms with Crippen molar-refractivity contribution in [2.75, 3.05) is 13.2 Å². The Morgan fingerprint density at radius 1 is 1.00 bits per heavy atom. The first-order valence-electron chi connectivity index (χ1n) is 8.76. The van der Waals surface area contributed by atoms with Gasteiger partial charge >= 0.3 is 0 Å². The largest absolute Gasteiger partial charge is 0.376 e. The van der Waals surface area contributed by atoms with Crippen LogP contribution in [0.5, 0.6) is 0 Å². The molecule has 21 heavy (non-hydrogen) atoms. The van der Waals surface area contributed by atoms with Crippen LogP contribution in [0, 0.1) is 5.92 Å². The zero-order valence-electron chi connectivity index (χ0n) is 14.6. The van der Waals surface area contributed by atoms with E-state index in [1.54, 1.807) is 6.08 Å². The van der Waals surface area contributed by atoms with Crippen LogP contribution in [0.15, 0.2) is 4.99 Å². The lowest BCUT2D eigenvalue weighted by Crippen LogP contribution is -2.34. The Bertz CT molecular complexity index is 283. The van der Waals surface area contributed by atoms with Gasteiger partial charge in [0.1, 0.15) is 0 Å². The second-order valence-corrected chi connectivity index (χ2v) is 6.41. The van der Waals surface area contributed by atoms with Gasteiger partial charge in [-0.15, -0.1) is 0 Å². The molecular weight excluding hydrogens is 262 g/mol. The topological polar surface area (TPSA) is 38.7 Å². The van der Waals surface area contributed by atoms with Gasteiger partial charge in [-0.1, -0.05) is 45.4 Å². The minimum atomic E-state index is -0.0803. The Morgan fingerprint density at radius 2 is 1.62 bits per heavy atom. The Labute approximate surface area is 131 Å². The number of ether oxygens (including phenoxy) is 1. The third kappa shape index (κ3) is 10.7. The number of hydrogen-bond donors (Lipinski definition) is 0. The highest BCUT2D eigenvalue weighted by molar-refractivity contribution is 5.32. The van der Waals surface area contributed by atoms with Crippen LogP contribution in [0.2, 0.25) is 0 Å². The molecule has 0 aromatic carbocycles. The molecule has 0 N–H and O–H groups in total. The fourth-order valence-corrected chi connectivity index (χ4v) is 2.96. The molecule has 0 saturated heterocycles. The zero-order valence-corrected chi connectivity index (χ0v) is 14.6. The zero-order chi connectivity index (χ0) is 16.0. The number of hydrogen-bond acceptors (Lipinski definition) is 3. The van der Waals surface area contributed by atoms with Gasteiger partial charge < -0.3 is 4.74 Å². The number of rotatable bonds is 14. The van der Waals surface area contributed by atoms with E-state index in [1.165, 1.54) is 44.9 Å². The summed E-state index contributed by atoms with van der Waals surface area (Å²) in [5, 5.41) is 0. The molecule has 0 amide bonds. The van der Waals surface area contributed by atoms with E-state index in [2.05, 4.69) is 32.7 Å². The van der Waals surface area contributed by atoms with Gasteiger partial charge in [-0.3, -0.25) is 0 Å². The van der Waals surface area contributed by atoms with E-state index in [0.29, 0.717) is 12.5 Å². The monoisotopic (exact) mass is 297 g/mol. The molecule has 0 aromatic rings. The molecule has 3 heteroatoms. The van der Waals surface area contributed by atoms with Gasteiger partial charge in [0.25, 0.3) is 0 Å². The number of isocyanates is 1. The average molecular weight is 297 g/mol. The molecule has 0 fully saturated rings. The van der Waals surface area contributed by atoms with Gasteiger partial charge in [-0.05, 0) is 46.0 Å². The van der Waals surface area contributed by atoms with E-state index in [-0.39, 0.29) is 5.60 Å². The van der Waals surface area contributed by atoms with Gasteiger partial charge in [0.05, 0.1) is 12.1 Å². The van der Waals surface area contributed by atoms with Crippen LogP contribution in [0.4, 0.5) is 0 Å². The highest BCUT2D eigenvalue weighted by Crippen LogP contribution is 2.30. The highest BCUT2D eigenvalue weighted by atomic mass is 16.5. The molecule has 0 rings (SSSR count). The van der Waals surface area contributed by atoms with Crippen LogP contribution in [-0.2, 0) is 9.53 Å². The van der Waals surface area contributed by atoms with Crippen LogP contribution in [-0.4, -0.2) is 24.8 Å². The van der Waals surface area contributed by atoms with E-state index >= 15 is 0 Å². The maximum absolute atomic E-state index is 10.1. The fourth-order valence-electron chi connectivity index (χ4n) is 2.96. The Hall–Kier alpha value is -0.660. The van der Waals surface area contributed by atoms with Crippen LogP contribution in [0.25, 0.3) is 0 Å². The summed E-state index contributed by atoms with van der Waals surface area (Å²) in [7, 11) is 0. The molecule has 0 aromatic heterocycles. The lowest BCUT2D eigenvalue weighted by Gasteiger charge is -2.34. The first-order chi connectivity index (χ1) is 10.1. The molecule has 0 spiro atoms. The van der Waals surface area contributed by atoms with Gasteiger partial charge in [0, 0.05) is 6.61 Å². The molecule has 0 aliphatic carbocycles. The van der Waals surface area contributed by atoms with Crippen LogP contribution < -0.4 is 0 Å². The van der Waals surface area contributed by atoms with E-state index in [1.807, 2.05) is 0 Å². The molecule has 0 aliphatic rings. The minimum Gasteiger partial charge on any atom is -0.376 e. The summed E-state index contributed by atoms with van der Waals surface area (Å²) in [5.41, 5.74) is -0.0803. The second-order valence-electron chi connectivity index (χ2n) is 6.41. The first kappa shape index (κ1) is 20.3. The van der Waals surface area contributed by atoms with Crippen molar-refractivity contribution in [2.24, 2.45) is 10.9 Å². The summed E-state index contributed by atoms with van der Waals surface area (Å²) >= 11 is 0.